The van der Waals surface area contributed by atoms with Gasteiger partial charge in [-0.05, 0) is 44.5 Å². The normalized spacial score (nSPS) is 23.7. The van der Waals surface area contributed by atoms with Crippen molar-refractivity contribution in [2.45, 2.75) is 25.3 Å². The zero-order chi connectivity index (χ0) is 13.3. The SMILES string of the molecule is Cc1ccc(C2(c3ccccc3)CCCN2C)cc1. The summed E-state index contributed by atoms with van der Waals surface area (Å²) in [6.07, 6.45) is 2.47. The third kappa shape index (κ3) is 1.98. The van der Waals surface area contributed by atoms with Gasteiger partial charge in [-0.2, -0.15) is 0 Å². The highest BCUT2D eigenvalue weighted by atomic mass is 15.2. The monoisotopic (exact) mass is 251 g/mol. The van der Waals surface area contributed by atoms with Crippen molar-refractivity contribution in [2.75, 3.05) is 13.6 Å². The largest absolute Gasteiger partial charge is 0.293 e. The maximum absolute atomic E-state index is 2.51. The molecule has 0 bridgehead atoms. The first-order valence-electron chi connectivity index (χ1n) is 7.07. The van der Waals surface area contributed by atoms with Gasteiger partial charge in [0.25, 0.3) is 0 Å². The van der Waals surface area contributed by atoms with Crippen molar-refractivity contribution in [3.05, 3.63) is 71.3 Å². The van der Waals surface area contributed by atoms with Gasteiger partial charge in [0.2, 0.25) is 0 Å². The van der Waals surface area contributed by atoms with E-state index in [4.69, 9.17) is 0 Å². The Morgan fingerprint density at radius 1 is 0.895 bits per heavy atom. The predicted molar refractivity (Wildman–Crippen MR) is 80.3 cm³/mol. The summed E-state index contributed by atoms with van der Waals surface area (Å²) in [4.78, 5) is 2.51. The van der Waals surface area contributed by atoms with E-state index in [1.165, 1.54) is 36.1 Å². The van der Waals surface area contributed by atoms with Crippen LogP contribution < -0.4 is 0 Å². The number of aryl methyl sites for hydroxylation is 1. The lowest BCUT2D eigenvalue weighted by atomic mass is 9.80. The first-order chi connectivity index (χ1) is 9.23. The second kappa shape index (κ2) is 4.82. The molecular formula is C18H21N. The van der Waals surface area contributed by atoms with Crippen molar-refractivity contribution >= 4 is 0 Å². The van der Waals surface area contributed by atoms with Gasteiger partial charge >= 0.3 is 0 Å². The minimum Gasteiger partial charge on any atom is -0.293 e. The molecule has 19 heavy (non-hydrogen) atoms. The lowest BCUT2D eigenvalue weighted by molar-refractivity contribution is 0.222. The smallest absolute Gasteiger partial charge is 0.0713 e. The van der Waals surface area contributed by atoms with Crippen LogP contribution in [-0.2, 0) is 5.54 Å². The molecule has 0 radical (unpaired) electrons. The molecule has 1 atom stereocenters. The van der Waals surface area contributed by atoms with Crippen LogP contribution >= 0.6 is 0 Å². The lowest BCUT2D eigenvalue weighted by Gasteiger charge is -2.37. The molecule has 1 heteroatoms. The van der Waals surface area contributed by atoms with Gasteiger partial charge in [0.05, 0.1) is 5.54 Å². The van der Waals surface area contributed by atoms with E-state index in [0.29, 0.717) is 0 Å². The molecule has 1 aliphatic rings. The topological polar surface area (TPSA) is 3.24 Å². The molecular weight excluding hydrogens is 230 g/mol. The fourth-order valence-electron chi connectivity index (χ4n) is 3.39. The zero-order valence-electron chi connectivity index (χ0n) is 11.8. The van der Waals surface area contributed by atoms with E-state index in [2.05, 4.69) is 73.5 Å². The average Bonchev–Trinajstić information content (AvgIpc) is 2.83. The molecule has 2 aromatic rings. The fraction of sp³-hybridized carbons (Fsp3) is 0.333. The van der Waals surface area contributed by atoms with Gasteiger partial charge in [0.1, 0.15) is 0 Å². The molecule has 1 aliphatic heterocycles. The Kier molecular flexibility index (Phi) is 3.16. The van der Waals surface area contributed by atoms with Crippen molar-refractivity contribution in [1.82, 2.24) is 4.90 Å². The van der Waals surface area contributed by atoms with Crippen LogP contribution in [0, 0.1) is 6.92 Å². The van der Waals surface area contributed by atoms with Crippen molar-refractivity contribution in [2.24, 2.45) is 0 Å². The standard InChI is InChI=1S/C18H21N/c1-15-9-11-17(12-10-15)18(13-6-14-19(18)2)16-7-4-3-5-8-16/h3-5,7-12H,6,13-14H2,1-2H3. The van der Waals surface area contributed by atoms with E-state index >= 15 is 0 Å². The number of hydrogen-bond donors (Lipinski definition) is 0. The van der Waals surface area contributed by atoms with Gasteiger partial charge in [0.15, 0.2) is 0 Å². The maximum atomic E-state index is 2.51. The molecule has 0 amide bonds. The summed E-state index contributed by atoms with van der Waals surface area (Å²) < 4.78 is 0. The van der Waals surface area contributed by atoms with Crippen LogP contribution in [0.25, 0.3) is 0 Å². The van der Waals surface area contributed by atoms with Gasteiger partial charge in [-0.15, -0.1) is 0 Å². The summed E-state index contributed by atoms with van der Waals surface area (Å²) >= 11 is 0. The van der Waals surface area contributed by atoms with Crippen LogP contribution in [-0.4, -0.2) is 18.5 Å². The number of likely N-dealkylation sites (tertiary alicyclic amines) is 1. The molecule has 0 N–H and O–H groups in total. The fourth-order valence-corrected chi connectivity index (χ4v) is 3.39. The minimum atomic E-state index is 0.0644. The molecule has 3 rings (SSSR count). The van der Waals surface area contributed by atoms with E-state index < -0.39 is 0 Å². The van der Waals surface area contributed by atoms with Crippen LogP contribution in [0.1, 0.15) is 29.5 Å². The van der Waals surface area contributed by atoms with Crippen LogP contribution in [0.2, 0.25) is 0 Å². The van der Waals surface area contributed by atoms with Crippen LogP contribution in [0.3, 0.4) is 0 Å². The number of benzene rings is 2. The molecule has 1 unspecified atom stereocenters. The summed E-state index contributed by atoms with van der Waals surface area (Å²) in [5.41, 5.74) is 4.23. The Labute approximate surface area is 115 Å². The highest BCUT2D eigenvalue weighted by molar-refractivity contribution is 5.40. The molecule has 1 nitrogen and oxygen atoms in total. The van der Waals surface area contributed by atoms with E-state index in [9.17, 15) is 0 Å². The quantitative estimate of drug-likeness (QED) is 0.781. The Morgan fingerprint density at radius 2 is 1.53 bits per heavy atom. The highest BCUT2D eigenvalue weighted by Gasteiger charge is 2.41. The van der Waals surface area contributed by atoms with Gasteiger partial charge in [-0.1, -0.05) is 60.2 Å². The van der Waals surface area contributed by atoms with Gasteiger partial charge in [-0.25, -0.2) is 0 Å². The summed E-state index contributed by atoms with van der Waals surface area (Å²) in [6.45, 7) is 3.32. The first-order valence-corrected chi connectivity index (χ1v) is 7.07. The van der Waals surface area contributed by atoms with Gasteiger partial charge in [0, 0.05) is 0 Å². The highest BCUT2D eigenvalue weighted by Crippen LogP contribution is 2.43. The number of hydrogen-bond acceptors (Lipinski definition) is 1. The van der Waals surface area contributed by atoms with Crippen LogP contribution in [0.15, 0.2) is 54.6 Å². The number of rotatable bonds is 2. The third-order valence-electron chi connectivity index (χ3n) is 4.46. The van der Waals surface area contributed by atoms with Gasteiger partial charge in [-0.3, -0.25) is 4.90 Å². The average molecular weight is 251 g/mol. The Morgan fingerprint density at radius 3 is 2.11 bits per heavy atom. The second-order valence-electron chi connectivity index (χ2n) is 5.62. The van der Waals surface area contributed by atoms with Crippen LogP contribution in [0.5, 0.6) is 0 Å². The number of nitrogens with zero attached hydrogens (tertiary/aromatic N) is 1. The molecule has 1 heterocycles. The Balaban J connectivity index is 2.15. The van der Waals surface area contributed by atoms with E-state index in [0.717, 1.165) is 0 Å². The molecule has 0 spiro atoms. The molecule has 0 aliphatic carbocycles. The van der Waals surface area contributed by atoms with E-state index in [1.807, 2.05) is 0 Å². The maximum Gasteiger partial charge on any atom is 0.0713 e. The molecule has 98 valence electrons. The van der Waals surface area contributed by atoms with Crippen molar-refractivity contribution in [3.63, 3.8) is 0 Å². The molecule has 1 fully saturated rings. The van der Waals surface area contributed by atoms with Crippen molar-refractivity contribution in [1.29, 1.82) is 0 Å². The summed E-state index contributed by atoms with van der Waals surface area (Å²) in [5, 5.41) is 0. The van der Waals surface area contributed by atoms with Gasteiger partial charge < -0.3 is 0 Å². The van der Waals surface area contributed by atoms with E-state index in [1.54, 1.807) is 0 Å². The lowest BCUT2D eigenvalue weighted by Crippen LogP contribution is -2.39. The predicted octanol–water partition coefficient (Wildman–Crippen LogP) is 3.96. The zero-order valence-corrected chi connectivity index (χ0v) is 11.8. The van der Waals surface area contributed by atoms with Crippen LogP contribution in [0.4, 0.5) is 0 Å². The molecule has 0 aromatic heterocycles. The molecule has 1 saturated heterocycles. The van der Waals surface area contributed by atoms with Crippen molar-refractivity contribution < 1.29 is 0 Å². The summed E-state index contributed by atoms with van der Waals surface area (Å²) in [5.74, 6) is 0. The second-order valence-corrected chi connectivity index (χ2v) is 5.62. The molecule has 2 aromatic carbocycles. The van der Waals surface area contributed by atoms with Crippen molar-refractivity contribution in [3.8, 4) is 0 Å². The summed E-state index contributed by atoms with van der Waals surface area (Å²) in [6, 6.07) is 20.0. The Bertz CT molecular complexity index is 544. The summed E-state index contributed by atoms with van der Waals surface area (Å²) in [7, 11) is 2.25. The Hall–Kier alpha value is -1.60. The minimum absolute atomic E-state index is 0.0644. The first kappa shape index (κ1) is 12.4. The van der Waals surface area contributed by atoms with E-state index in [-0.39, 0.29) is 5.54 Å². The third-order valence-corrected chi connectivity index (χ3v) is 4.46. The molecule has 0 saturated carbocycles.